The molecule has 0 bridgehead atoms. The summed E-state index contributed by atoms with van der Waals surface area (Å²) in [5.41, 5.74) is 10.1. The van der Waals surface area contributed by atoms with Crippen LogP contribution in [0.3, 0.4) is 0 Å². The molecule has 4 nitrogen and oxygen atoms in total. The van der Waals surface area contributed by atoms with Gasteiger partial charge in [0.25, 0.3) is 0 Å². The number of hydrogen-bond acceptors (Lipinski definition) is 4. The molecule has 6 heteroatoms. The normalized spacial score (nSPS) is 12.1. The molecular formula is C62H36N2O2Se2. The van der Waals surface area contributed by atoms with Crippen molar-refractivity contribution in [3.8, 4) is 0 Å². The monoisotopic (exact) mass is 1000 g/mol. The van der Waals surface area contributed by atoms with E-state index in [1.54, 1.807) is 0 Å². The Hall–Kier alpha value is -7.82. The van der Waals surface area contributed by atoms with Crippen LogP contribution in [-0.2, 0) is 0 Å². The zero-order valence-electron chi connectivity index (χ0n) is 36.3. The van der Waals surface area contributed by atoms with Crippen molar-refractivity contribution in [2.24, 2.45) is 0 Å². The first kappa shape index (κ1) is 38.3. The molecule has 15 rings (SSSR count). The molecule has 0 aliphatic heterocycles. The number of benzene rings is 11. The van der Waals surface area contributed by atoms with Crippen LogP contribution in [0.25, 0.3) is 104 Å². The molecule has 68 heavy (non-hydrogen) atoms. The second-order valence-electron chi connectivity index (χ2n) is 17.7. The molecular weight excluding hydrogens is 963 g/mol. The van der Waals surface area contributed by atoms with Gasteiger partial charge in [-0.2, -0.15) is 0 Å². The van der Waals surface area contributed by atoms with Crippen molar-refractivity contribution in [1.29, 1.82) is 0 Å². The van der Waals surface area contributed by atoms with Gasteiger partial charge in [-0.1, -0.05) is 0 Å². The van der Waals surface area contributed by atoms with E-state index in [2.05, 4.69) is 228 Å². The Morgan fingerprint density at radius 1 is 0.235 bits per heavy atom. The average Bonchev–Trinajstić information content (AvgIpc) is 4.14. The molecule has 0 atom stereocenters. The van der Waals surface area contributed by atoms with Gasteiger partial charge in [-0.3, -0.25) is 0 Å². The average molecular weight is 999 g/mol. The SMILES string of the molecule is c1ccc(N(c2ccc3cc4c(cc3c2)oc2cc3oc5cc6cc(N(c7ccccc7)c7ccc8[se]c9ccccc9c8c7)ccc6cc5c3cc24)c2ccc3[se]c4ccccc4c3c2)cc1. The Labute approximate surface area is 401 Å². The van der Waals surface area contributed by atoms with E-state index in [1.165, 1.54) is 38.6 Å². The third-order valence-corrected chi connectivity index (χ3v) is 18.6. The van der Waals surface area contributed by atoms with Crippen LogP contribution in [-0.4, -0.2) is 29.0 Å². The first-order valence-electron chi connectivity index (χ1n) is 22.9. The van der Waals surface area contributed by atoms with E-state index in [9.17, 15) is 0 Å². The second kappa shape index (κ2) is 14.8. The van der Waals surface area contributed by atoms with Crippen LogP contribution in [0.4, 0.5) is 34.1 Å². The first-order chi connectivity index (χ1) is 33.6. The Kier molecular flexibility index (Phi) is 8.36. The summed E-state index contributed by atoms with van der Waals surface area (Å²) in [4.78, 5) is 4.74. The van der Waals surface area contributed by atoms with Gasteiger partial charge in [-0.15, -0.1) is 0 Å². The molecule has 0 saturated carbocycles. The number of para-hydroxylation sites is 2. The van der Waals surface area contributed by atoms with Crippen LogP contribution < -0.4 is 9.80 Å². The first-order valence-corrected chi connectivity index (χ1v) is 26.3. The Morgan fingerprint density at radius 2 is 0.618 bits per heavy atom. The molecule has 0 unspecified atom stereocenters. The standard InChI is InChI=1S/C62H36N2O2Se2/c1-3-11-41(12-4-1)63(45-23-25-61-53(33-45)47-15-7-9-17-59(47)67-61)43-21-19-37-29-49-51-35-52-50-30-38-20-22-44(28-40(38)32-56(50)66-58(52)36-57(51)65-55(49)31-39(37)27-43)64(42-13-5-2-6-14-42)46-24-26-62-54(34-46)48-16-8-10-18-60(48)68-62/h1-36H. The summed E-state index contributed by atoms with van der Waals surface area (Å²) in [6, 6.07) is 79.9. The molecule has 0 aliphatic rings. The number of nitrogens with zero attached hydrogens (tertiary/aromatic N) is 2. The van der Waals surface area contributed by atoms with Gasteiger partial charge in [-0.05, 0) is 6.07 Å². The molecule has 318 valence electrons. The third kappa shape index (κ3) is 5.99. The van der Waals surface area contributed by atoms with Crippen LogP contribution in [0.5, 0.6) is 0 Å². The molecule has 4 heterocycles. The van der Waals surface area contributed by atoms with Crippen LogP contribution in [0.15, 0.2) is 227 Å². The van der Waals surface area contributed by atoms with Gasteiger partial charge in [0, 0.05) is 6.07 Å². The zero-order chi connectivity index (χ0) is 44.5. The Morgan fingerprint density at radius 3 is 1.10 bits per heavy atom. The summed E-state index contributed by atoms with van der Waals surface area (Å²) in [6.45, 7) is 0. The van der Waals surface area contributed by atoms with Gasteiger partial charge in [0.1, 0.15) is 0 Å². The van der Waals surface area contributed by atoms with Gasteiger partial charge < -0.3 is 0 Å². The fourth-order valence-electron chi connectivity index (χ4n) is 10.5. The van der Waals surface area contributed by atoms with Crippen molar-refractivity contribution in [3.05, 3.63) is 218 Å². The molecule has 0 amide bonds. The van der Waals surface area contributed by atoms with Crippen LogP contribution in [0.2, 0.25) is 0 Å². The van der Waals surface area contributed by atoms with Crippen molar-refractivity contribution >= 4 is 167 Å². The molecule has 0 N–H and O–H groups in total. The van der Waals surface area contributed by atoms with E-state index in [0.29, 0.717) is 29.0 Å². The Bertz CT molecular complexity index is 4240. The minimum absolute atomic E-state index is 0.322. The number of hydrogen-bond donors (Lipinski definition) is 0. The fourth-order valence-corrected chi connectivity index (χ4v) is 15.1. The molecule has 0 fully saturated rings. The Balaban J connectivity index is 0.820. The van der Waals surface area contributed by atoms with Crippen LogP contribution in [0, 0.1) is 0 Å². The maximum atomic E-state index is 6.69. The van der Waals surface area contributed by atoms with Crippen molar-refractivity contribution < 1.29 is 8.83 Å². The van der Waals surface area contributed by atoms with Crippen molar-refractivity contribution in [2.45, 2.75) is 0 Å². The topological polar surface area (TPSA) is 32.8 Å². The van der Waals surface area contributed by atoms with E-state index in [0.717, 1.165) is 99.5 Å². The summed E-state index contributed by atoms with van der Waals surface area (Å²) in [5, 5.41) is 14.3. The molecule has 0 radical (unpaired) electrons. The zero-order valence-corrected chi connectivity index (χ0v) is 39.7. The molecule has 0 spiro atoms. The molecule has 15 aromatic rings. The predicted molar refractivity (Wildman–Crippen MR) is 289 cm³/mol. The molecule has 11 aromatic carbocycles. The predicted octanol–water partition coefficient (Wildman–Crippen LogP) is 17.5. The van der Waals surface area contributed by atoms with Gasteiger partial charge in [0.2, 0.25) is 0 Å². The van der Waals surface area contributed by atoms with Gasteiger partial charge in [0.15, 0.2) is 0 Å². The van der Waals surface area contributed by atoms with Gasteiger partial charge >= 0.3 is 392 Å². The number of furan rings is 2. The van der Waals surface area contributed by atoms with Crippen LogP contribution >= 0.6 is 0 Å². The quantitative estimate of drug-likeness (QED) is 0.155. The van der Waals surface area contributed by atoms with E-state index >= 15 is 0 Å². The van der Waals surface area contributed by atoms with Gasteiger partial charge in [0.05, 0.1) is 0 Å². The van der Waals surface area contributed by atoms with Crippen LogP contribution in [0.1, 0.15) is 0 Å². The van der Waals surface area contributed by atoms with Crippen molar-refractivity contribution in [3.63, 3.8) is 0 Å². The second-order valence-corrected chi connectivity index (χ2v) is 22.3. The summed E-state index contributed by atoms with van der Waals surface area (Å²) < 4.78 is 19.2. The molecule has 0 saturated heterocycles. The summed E-state index contributed by atoms with van der Waals surface area (Å²) in [7, 11) is 0. The number of anilines is 6. The van der Waals surface area contributed by atoms with E-state index in [4.69, 9.17) is 8.83 Å². The minimum atomic E-state index is 0.322. The summed E-state index contributed by atoms with van der Waals surface area (Å²) >= 11 is 0.643. The summed E-state index contributed by atoms with van der Waals surface area (Å²) in [6.07, 6.45) is 0. The maximum absolute atomic E-state index is 6.69. The van der Waals surface area contributed by atoms with E-state index in [1.807, 2.05) is 0 Å². The molecule has 0 aliphatic carbocycles. The van der Waals surface area contributed by atoms with Crippen molar-refractivity contribution in [1.82, 2.24) is 0 Å². The van der Waals surface area contributed by atoms with Gasteiger partial charge in [-0.25, -0.2) is 0 Å². The van der Waals surface area contributed by atoms with E-state index < -0.39 is 0 Å². The van der Waals surface area contributed by atoms with Crippen molar-refractivity contribution in [2.75, 3.05) is 9.80 Å². The fraction of sp³-hybridized carbons (Fsp3) is 0. The summed E-state index contributed by atoms with van der Waals surface area (Å²) in [5.74, 6) is 0. The molecule has 4 aromatic heterocycles. The number of rotatable bonds is 6. The van der Waals surface area contributed by atoms with E-state index in [-0.39, 0.29) is 0 Å². The number of fused-ring (bicyclic) bond motifs is 14. The third-order valence-electron chi connectivity index (χ3n) is 13.7.